The molecule has 11 nitrogen and oxygen atoms in total. The second kappa shape index (κ2) is 12.2. The van der Waals surface area contributed by atoms with Gasteiger partial charge in [-0.1, -0.05) is 0 Å². The highest BCUT2D eigenvalue weighted by atomic mass is 32.2. The maximum absolute atomic E-state index is 12.9. The van der Waals surface area contributed by atoms with Crippen LogP contribution in [-0.2, 0) is 25.6 Å². The number of thioether (sulfide) groups is 1. The lowest BCUT2D eigenvalue weighted by molar-refractivity contribution is -0.138. The molecule has 30 heavy (non-hydrogen) atoms. The van der Waals surface area contributed by atoms with Crippen molar-refractivity contribution < 1.29 is 24.3 Å². The van der Waals surface area contributed by atoms with E-state index in [1.165, 1.54) is 12.5 Å². The Balaban J connectivity index is 2.05. The van der Waals surface area contributed by atoms with Crippen LogP contribution in [0, 0.1) is 0 Å². The minimum atomic E-state index is -1.19. The molecule has 1 fully saturated rings. The Hall–Kier alpha value is -2.60. The van der Waals surface area contributed by atoms with Gasteiger partial charge in [0.15, 0.2) is 0 Å². The van der Waals surface area contributed by atoms with Gasteiger partial charge in [-0.25, -0.2) is 4.98 Å². The number of H-pyrrole nitrogens is 1. The largest absolute Gasteiger partial charge is 0.480 e. The summed E-state index contributed by atoms with van der Waals surface area (Å²) < 4.78 is 0. The van der Waals surface area contributed by atoms with Crippen LogP contribution in [0.4, 0.5) is 0 Å². The number of nitrogens with zero attached hydrogens (tertiary/aromatic N) is 1. The molecule has 6 N–H and O–H groups in total. The van der Waals surface area contributed by atoms with E-state index in [2.05, 4.69) is 31.2 Å². The first-order chi connectivity index (χ1) is 14.4. The first kappa shape index (κ1) is 23.7. The fourth-order valence-corrected chi connectivity index (χ4v) is 3.54. The van der Waals surface area contributed by atoms with Crippen LogP contribution < -0.4 is 21.3 Å². The molecule has 3 unspecified atom stereocenters. The number of aromatic nitrogens is 2. The molecule has 166 valence electrons. The molecule has 0 aliphatic carbocycles. The molecule has 1 aromatic heterocycles. The molecule has 3 atom stereocenters. The van der Waals surface area contributed by atoms with Gasteiger partial charge < -0.3 is 31.4 Å². The molecule has 1 saturated heterocycles. The second-order valence-electron chi connectivity index (χ2n) is 6.95. The molecule has 1 aliphatic heterocycles. The summed E-state index contributed by atoms with van der Waals surface area (Å²) in [7, 11) is 0. The van der Waals surface area contributed by atoms with Gasteiger partial charge >= 0.3 is 5.97 Å². The quantitative estimate of drug-likeness (QED) is 0.232. The molecule has 12 heteroatoms. The molecule has 0 bridgehead atoms. The number of aliphatic carboxylic acids is 1. The van der Waals surface area contributed by atoms with Gasteiger partial charge in [-0.15, -0.1) is 0 Å². The van der Waals surface area contributed by atoms with E-state index in [4.69, 9.17) is 5.11 Å². The van der Waals surface area contributed by atoms with Crippen LogP contribution >= 0.6 is 11.8 Å². The predicted molar refractivity (Wildman–Crippen MR) is 111 cm³/mol. The summed E-state index contributed by atoms with van der Waals surface area (Å²) in [5.41, 5.74) is 0.602. The highest BCUT2D eigenvalue weighted by Crippen LogP contribution is 2.08. The monoisotopic (exact) mass is 440 g/mol. The SMILES string of the molecule is CSCCC(NC(=O)C1CCCN1)C(=O)NC(Cc1cnc[nH]1)C(=O)NCC(=O)O. The predicted octanol–water partition coefficient (Wildman–Crippen LogP) is -1.37. The smallest absolute Gasteiger partial charge is 0.322 e. The van der Waals surface area contributed by atoms with Gasteiger partial charge in [-0.05, 0) is 37.8 Å². The number of hydrogen-bond donors (Lipinski definition) is 6. The molecule has 0 saturated carbocycles. The van der Waals surface area contributed by atoms with Crippen molar-refractivity contribution in [2.75, 3.05) is 25.1 Å². The fourth-order valence-electron chi connectivity index (χ4n) is 3.07. The summed E-state index contributed by atoms with van der Waals surface area (Å²) in [4.78, 5) is 55.3. The van der Waals surface area contributed by atoms with Crippen LogP contribution in [0.1, 0.15) is 25.0 Å². The molecule has 0 aromatic carbocycles. The molecule has 0 radical (unpaired) electrons. The van der Waals surface area contributed by atoms with E-state index < -0.39 is 36.4 Å². The van der Waals surface area contributed by atoms with Crippen LogP contribution in [0.3, 0.4) is 0 Å². The second-order valence-corrected chi connectivity index (χ2v) is 7.93. The minimum absolute atomic E-state index is 0.102. The maximum Gasteiger partial charge on any atom is 0.322 e. The lowest BCUT2D eigenvalue weighted by atomic mass is 10.1. The normalized spacial score (nSPS) is 17.7. The number of carboxylic acids is 1. The average molecular weight is 441 g/mol. The number of nitrogens with one attached hydrogen (secondary N) is 5. The van der Waals surface area contributed by atoms with E-state index >= 15 is 0 Å². The van der Waals surface area contributed by atoms with Crippen LogP contribution in [-0.4, -0.2) is 82.0 Å². The molecular weight excluding hydrogens is 412 g/mol. The molecule has 2 heterocycles. The number of rotatable bonds is 12. The lowest BCUT2D eigenvalue weighted by Gasteiger charge is -2.24. The standard InChI is InChI=1S/C18H28N6O5S/c1-30-6-4-13(23-17(28)12-3-2-5-20-12)18(29)24-14(7-11-8-19-10-22-11)16(27)21-9-15(25)26/h8,10,12-14,20H,2-7,9H2,1H3,(H,19,22)(H,21,27)(H,23,28)(H,24,29)(H,25,26). The van der Waals surface area contributed by atoms with Crippen molar-refractivity contribution in [1.82, 2.24) is 31.2 Å². The zero-order chi connectivity index (χ0) is 21.9. The van der Waals surface area contributed by atoms with Gasteiger partial charge in [0.2, 0.25) is 17.7 Å². The maximum atomic E-state index is 12.9. The third-order valence-electron chi connectivity index (χ3n) is 4.65. The van der Waals surface area contributed by atoms with Gasteiger partial charge in [0.1, 0.15) is 18.6 Å². The molecule has 1 aromatic rings. The van der Waals surface area contributed by atoms with E-state index in [0.717, 1.165) is 13.0 Å². The van der Waals surface area contributed by atoms with Gasteiger partial charge in [0.05, 0.1) is 12.4 Å². The Bertz CT molecular complexity index is 723. The van der Waals surface area contributed by atoms with Crippen molar-refractivity contribution in [2.45, 2.75) is 43.8 Å². The molecule has 2 rings (SSSR count). The Morgan fingerprint density at radius 2 is 2.07 bits per heavy atom. The van der Waals surface area contributed by atoms with Crippen LogP contribution in [0.15, 0.2) is 12.5 Å². The summed E-state index contributed by atoms with van der Waals surface area (Å²) in [5.74, 6) is -1.91. The first-order valence-corrected chi connectivity index (χ1v) is 11.1. The topological polar surface area (TPSA) is 165 Å². The van der Waals surface area contributed by atoms with Crippen molar-refractivity contribution in [2.24, 2.45) is 0 Å². The van der Waals surface area contributed by atoms with Crippen LogP contribution in [0.25, 0.3) is 0 Å². The zero-order valence-corrected chi connectivity index (χ0v) is 17.6. The first-order valence-electron chi connectivity index (χ1n) is 9.70. The number of amides is 3. The highest BCUT2D eigenvalue weighted by Gasteiger charge is 2.30. The van der Waals surface area contributed by atoms with E-state index in [9.17, 15) is 19.2 Å². The van der Waals surface area contributed by atoms with Crippen molar-refractivity contribution in [3.05, 3.63) is 18.2 Å². The summed E-state index contributed by atoms with van der Waals surface area (Å²) in [6, 6.07) is -2.14. The Morgan fingerprint density at radius 1 is 1.27 bits per heavy atom. The minimum Gasteiger partial charge on any atom is -0.480 e. The van der Waals surface area contributed by atoms with E-state index in [-0.39, 0.29) is 18.4 Å². The van der Waals surface area contributed by atoms with Gasteiger partial charge in [0, 0.05) is 18.3 Å². The van der Waals surface area contributed by atoms with E-state index in [1.54, 1.807) is 11.8 Å². The number of hydrogen-bond acceptors (Lipinski definition) is 7. The Labute approximate surface area is 178 Å². The molecule has 1 aliphatic rings. The fraction of sp³-hybridized carbons (Fsp3) is 0.611. The number of aromatic amines is 1. The number of carbonyl (C=O) groups excluding carboxylic acids is 3. The van der Waals surface area contributed by atoms with Crippen molar-refractivity contribution in [3.63, 3.8) is 0 Å². The summed E-state index contributed by atoms with van der Waals surface area (Å²) >= 11 is 1.54. The summed E-state index contributed by atoms with van der Waals surface area (Å²) in [6.45, 7) is 0.198. The van der Waals surface area contributed by atoms with Crippen LogP contribution in [0.2, 0.25) is 0 Å². The number of imidazole rings is 1. The van der Waals surface area contributed by atoms with E-state index in [0.29, 0.717) is 24.3 Å². The summed E-state index contributed by atoms with van der Waals surface area (Å²) in [5, 5.41) is 19.6. The molecule has 3 amide bonds. The highest BCUT2D eigenvalue weighted by molar-refractivity contribution is 7.98. The number of carbonyl (C=O) groups is 4. The van der Waals surface area contributed by atoms with Crippen molar-refractivity contribution >= 4 is 35.5 Å². The van der Waals surface area contributed by atoms with Gasteiger partial charge in [-0.2, -0.15) is 11.8 Å². The molecular formula is C18H28N6O5S. The van der Waals surface area contributed by atoms with Gasteiger partial charge in [-0.3, -0.25) is 19.2 Å². The van der Waals surface area contributed by atoms with Gasteiger partial charge in [0.25, 0.3) is 0 Å². The third-order valence-corrected chi connectivity index (χ3v) is 5.29. The third kappa shape index (κ3) is 7.67. The molecule has 0 spiro atoms. The van der Waals surface area contributed by atoms with Crippen molar-refractivity contribution in [1.29, 1.82) is 0 Å². The number of carboxylic acid groups (broad SMARTS) is 1. The van der Waals surface area contributed by atoms with E-state index in [1.807, 2.05) is 6.26 Å². The Kier molecular flexibility index (Phi) is 9.61. The summed E-state index contributed by atoms with van der Waals surface area (Å²) in [6.07, 6.45) is 6.97. The average Bonchev–Trinajstić information content (AvgIpc) is 3.42. The van der Waals surface area contributed by atoms with Crippen molar-refractivity contribution in [3.8, 4) is 0 Å². The zero-order valence-electron chi connectivity index (χ0n) is 16.8. The lowest BCUT2D eigenvalue weighted by Crippen LogP contribution is -2.56. The Morgan fingerprint density at radius 3 is 2.67 bits per heavy atom. The van der Waals surface area contributed by atoms with Crippen LogP contribution in [0.5, 0.6) is 0 Å².